The van der Waals surface area contributed by atoms with Crippen molar-refractivity contribution < 1.29 is 4.39 Å². The molecule has 3 heteroatoms. The van der Waals surface area contributed by atoms with Gasteiger partial charge < -0.3 is 5.73 Å². The third-order valence-electron chi connectivity index (χ3n) is 3.00. The Kier molecular flexibility index (Phi) is 4.12. The molecule has 0 saturated carbocycles. The molecule has 0 aliphatic rings. The first-order valence-corrected chi connectivity index (χ1v) is 5.62. The summed E-state index contributed by atoms with van der Waals surface area (Å²) in [5, 5.41) is 0.465. The number of halogens is 2. The Labute approximate surface area is 95.4 Å². The lowest BCUT2D eigenvalue weighted by molar-refractivity contribution is 0.387. The molecule has 1 rings (SSSR count). The van der Waals surface area contributed by atoms with E-state index in [1.54, 1.807) is 12.1 Å². The fourth-order valence-electron chi connectivity index (χ4n) is 1.55. The number of nitrogens with two attached hydrogens (primary N) is 1. The van der Waals surface area contributed by atoms with Gasteiger partial charge in [0, 0.05) is 16.1 Å². The predicted octanol–water partition coefficient (Wildman–Crippen LogP) is 3.54. The minimum absolute atomic E-state index is 0.265. The van der Waals surface area contributed by atoms with Gasteiger partial charge in [-0.15, -0.1) is 0 Å². The monoisotopic (exact) mass is 229 g/mol. The van der Waals surface area contributed by atoms with Gasteiger partial charge in [0.1, 0.15) is 5.82 Å². The maximum atomic E-state index is 13.5. The van der Waals surface area contributed by atoms with Crippen LogP contribution in [0.3, 0.4) is 0 Å². The molecule has 0 aliphatic carbocycles. The average Bonchev–Trinajstić information content (AvgIpc) is 2.23. The Hall–Kier alpha value is -0.600. The van der Waals surface area contributed by atoms with E-state index in [1.165, 1.54) is 6.07 Å². The zero-order valence-corrected chi connectivity index (χ0v) is 9.94. The molecule has 84 valence electrons. The van der Waals surface area contributed by atoms with Gasteiger partial charge in [0.25, 0.3) is 0 Å². The van der Waals surface area contributed by atoms with Crippen LogP contribution in [0.2, 0.25) is 5.02 Å². The van der Waals surface area contributed by atoms with Crippen LogP contribution in [0.4, 0.5) is 4.39 Å². The predicted molar refractivity (Wildman–Crippen MR) is 62.6 cm³/mol. The van der Waals surface area contributed by atoms with E-state index in [2.05, 4.69) is 0 Å². The standard InChI is InChI=1S/C12H17ClFN/c1-3-12(15,4-2)8-9-10(13)6-5-7-11(9)14/h5-7H,3-4,8,15H2,1-2H3. The first-order chi connectivity index (χ1) is 7.02. The fourth-order valence-corrected chi connectivity index (χ4v) is 1.78. The van der Waals surface area contributed by atoms with Gasteiger partial charge in [-0.3, -0.25) is 0 Å². The van der Waals surface area contributed by atoms with Crippen molar-refractivity contribution in [3.63, 3.8) is 0 Å². The summed E-state index contributed by atoms with van der Waals surface area (Å²) in [6, 6.07) is 4.73. The topological polar surface area (TPSA) is 26.0 Å². The summed E-state index contributed by atoms with van der Waals surface area (Å²) in [6.45, 7) is 4.02. The molecule has 0 saturated heterocycles. The molecule has 0 aromatic heterocycles. The van der Waals surface area contributed by atoms with Crippen LogP contribution in [0.25, 0.3) is 0 Å². The maximum Gasteiger partial charge on any atom is 0.127 e. The molecule has 0 fully saturated rings. The summed E-state index contributed by atoms with van der Waals surface area (Å²) < 4.78 is 13.5. The Morgan fingerprint density at radius 1 is 1.33 bits per heavy atom. The molecular formula is C12H17ClFN. The number of hydrogen-bond acceptors (Lipinski definition) is 1. The van der Waals surface area contributed by atoms with Crippen molar-refractivity contribution in [2.24, 2.45) is 5.73 Å². The van der Waals surface area contributed by atoms with E-state index in [0.717, 1.165) is 12.8 Å². The molecule has 0 radical (unpaired) electrons. The maximum absolute atomic E-state index is 13.5. The number of rotatable bonds is 4. The summed E-state index contributed by atoms with van der Waals surface area (Å²) in [4.78, 5) is 0. The molecule has 0 amide bonds. The van der Waals surface area contributed by atoms with E-state index in [1.807, 2.05) is 13.8 Å². The molecule has 0 atom stereocenters. The van der Waals surface area contributed by atoms with Gasteiger partial charge in [0.15, 0.2) is 0 Å². The largest absolute Gasteiger partial charge is 0.325 e. The molecule has 0 aliphatic heterocycles. The van der Waals surface area contributed by atoms with Gasteiger partial charge in [-0.25, -0.2) is 4.39 Å². The van der Waals surface area contributed by atoms with E-state index >= 15 is 0 Å². The Morgan fingerprint density at radius 2 is 1.93 bits per heavy atom. The van der Waals surface area contributed by atoms with E-state index in [0.29, 0.717) is 17.0 Å². The quantitative estimate of drug-likeness (QED) is 0.840. The second kappa shape index (κ2) is 4.95. The lowest BCUT2D eigenvalue weighted by Crippen LogP contribution is -2.40. The lowest BCUT2D eigenvalue weighted by Gasteiger charge is -2.27. The van der Waals surface area contributed by atoms with Gasteiger partial charge in [-0.05, 0) is 31.4 Å². The van der Waals surface area contributed by atoms with Crippen LogP contribution in [0.5, 0.6) is 0 Å². The third kappa shape index (κ3) is 2.93. The van der Waals surface area contributed by atoms with E-state index in [9.17, 15) is 4.39 Å². The number of hydrogen-bond donors (Lipinski definition) is 1. The minimum Gasteiger partial charge on any atom is -0.325 e. The van der Waals surface area contributed by atoms with Crippen molar-refractivity contribution in [3.8, 4) is 0 Å². The van der Waals surface area contributed by atoms with Crippen LogP contribution in [0, 0.1) is 5.82 Å². The summed E-state index contributed by atoms with van der Waals surface area (Å²) in [5.41, 5.74) is 6.32. The van der Waals surface area contributed by atoms with E-state index in [4.69, 9.17) is 17.3 Å². The summed E-state index contributed by atoms with van der Waals surface area (Å²) in [6.07, 6.45) is 2.12. The summed E-state index contributed by atoms with van der Waals surface area (Å²) in [5.74, 6) is -0.265. The van der Waals surface area contributed by atoms with Crippen LogP contribution in [-0.4, -0.2) is 5.54 Å². The first kappa shape index (κ1) is 12.5. The second-order valence-electron chi connectivity index (χ2n) is 3.95. The summed E-state index contributed by atoms with van der Waals surface area (Å²) in [7, 11) is 0. The zero-order valence-electron chi connectivity index (χ0n) is 9.19. The van der Waals surface area contributed by atoms with Gasteiger partial charge in [0.2, 0.25) is 0 Å². The summed E-state index contributed by atoms with van der Waals surface area (Å²) >= 11 is 5.95. The molecule has 2 N–H and O–H groups in total. The molecule has 0 spiro atoms. The molecule has 0 bridgehead atoms. The van der Waals surface area contributed by atoms with Gasteiger partial charge in [-0.1, -0.05) is 31.5 Å². The molecule has 1 aromatic rings. The van der Waals surface area contributed by atoms with Crippen molar-refractivity contribution >= 4 is 11.6 Å². The Balaban J connectivity index is 2.98. The molecule has 0 heterocycles. The highest BCUT2D eigenvalue weighted by molar-refractivity contribution is 6.31. The van der Waals surface area contributed by atoms with Crippen molar-refractivity contribution in [2.45, 2.75) is 38.6 Å². The van der Waals surface area contributed by atoms with Crippen molar-refractivity contribution in [3.05, 3.63) is 34.6 Å². The van der Waals surface area contributed by atoms with E-state index < -0.39 is 0 Å². The fraction of sp³-hybridized carbons (Fsp3) is 0.500. The number of benzene rings is 1. The molecular weight excluding hydrogens is 213 g/mol. The van der Waals surface area contributed by atoms with Crippen molar-refractivity contribution in [2.75, 3.05) is 0 Å². The minimum atomic E-state index is -0.355. The average molecular weight is 230 g/mol. The van der Waals surface area contributed by atoms with Crippen LogP contribution in [0.1, 0.15) is 32.3 Å². The van der Waals surface area contributed by atoms with Crippen molar-refractivity contribution in [1.29, 1.82) is 0 Å². The normalized spacial score (nSPS) is 11.8. The molecule has 1 aromatic carbocycles. The van der Waals surface area contributed by atoms with E-state index in [-0.39, 0.29) is 11.4 Å². The van der Waals surface area contributed by atoms with Crippen molar-refractivity contribution in [1.82, 2.24) is 0 Å². The molecule has 15 heavy (non-hydrogen) atoms. The van der Waals surface area contributed by atoms with Crippen LogP contribution in [-0.2, 0) is 6.42 Å². The zero-order chi connectivity index (χ0) is 11.5. The highest BCUT2D eigenvalue weighted by atomic mass is 35.5. The third-order valence-corrected chi connectivity index (χ3v) is 3.35. The van der Waals surface area contributed by atoms with Gasteiger partial charge >= 0.3 is 0 Å². The highest BCUT2D eigenvalue weighted by Gasteiger charge is 2.23. The molecule has 1 nitrogen and oxygen atoms in total. The molecule has 0 unspecified atom stereocenters. The SMILES string of the molecule is CCC(N)(CC)Cc1c(F)cccc1Cl. The lowest BCUT2D eigenvalue weighted by atomic mass is 9.87. The highest BCUT2D eigenvalue weighted by Crippen LogP contribution is 2.25. The van der Waals surface area contributed by atoms with Crippen LogP contribution in [0.15, 0.2) is 18.2 Å². The van der Waals surface area contributed by atoms with Crippen LogP contribution >= 0.6 is 11.6 Å². The smallest absolute Gasteiger partial charge is 0.127 e. The first-order valence-electron chi connectivity index (χ1n) is 5.24. The van der Waals surface area contributed by atoms with Gasteiger partial charge in [-0.2, -0.15) is 0 Å². The second-order valence-corrected chi connectivity index (χ2v) is 4.35. The van der Waals surface area contributed by atoms with Gasteiger partial charge in [0.05, 0.1) is 0 Å². The Morgan fingerprint density at radius 3 is 2.40 bits per heavy atom. The Bertz CT molecular complexity index is 314. The van der Waals surface area contributed by atoms with Crippen LogP contribution < -0.4 is 5.73 Å².